The number of hydrogen-bond donors (Lipinski definition) is 0. The fraction of sp³-hybridized carbons (Fsp3) is 0.333. The van der Waals surface area contributed by atoms with Gasteiger partial charge >= 0.3 is 5.97 Å². The van der Waals surface area contributed by atoms with Crippen molar-refractivity contribution in [1.82, 2.24) is 24.5 Å². The number of nitrogens with zero attached hydrogens (tertiary/aromatic N) is 5. The quantitative estimate of drug-likeness (QED) is 0.517. The van der Waals surface area contributed by atoms with Crippen molar-refractivity contribution in [3.8, 4) is 0 Å². The SMILES string of the molecule is CCCn1nnnc1COC(=O)c1cccc(S(=O)(=O)N2CCc3ccccc3C2)c1. The standard InChI is InChI=1S/C21H23N5O4S/c1-2-11-26-20(22-23-24-26)15-30-21(27)17-8-5-9-19(13-17)31(28,29)25-12-10-16-6-3-4-7-18(16)14-25/h3-9,13H,2,10-12,14-15H2,1H3. The number of rotatable bonds is 7. The summed E-state index contributed by atoms with van der Waals surface area (Å²) in [6, 6.07) is 13.7. The molecule has 1 aliphatic heterocycles. The van der Waals surface area contributed by atoms with E-state index in [0.717, 1.165) is 17.5 Å². The van der Waals surface area contributed by atoms with E-state index in [4.69, 9.17) is 4.74 Å². The molecule has 0 saturated heterocycles. The van der Waals surface area contributed by atoms with E-state index in [1.807, 2.05) is 31.2 Å². The van der Waals surface area contributed by atoms with Gasteiger partial charge in [0, 0.05) is 19.6 Å². The Labute approximate surface area is 180 Å². The van der Waals surface area contributed by atoms with Crippen molar-refractivity contribution in [1.29, 1.82) is 0 Å². The summed E-state index contributed by atoms with van der Waals surface area (Å²) in [5, 5.41) is 11.3. The topological polar surface area (TPSA) is 107 Å². The Balaban J connectivity index is 1.48. The molecule has 0 unspecified atom stereocenters. The smallest absolute Gasteiger partial charge is 0.338 e. The van der Waals surface area contributed by atoms with Gasteiger partial charge in [0.05, 0.1) is 10.5 Å². The van der Waals surface area contributed by atoms with Gasteiger partial charge in [0.25, 0.3) is 0 Å². The third-order valence-corrected chi connectivity index (χ3v) is 7.02. The first-order valence-electron chi connectivity index (χ1n) is 10.1. The van der Waals surface area contributed by atoms with Crippen molar-refractivity contribution in [2.75, 3.05) is 6.54 Å². The van der Waals surface area contributed by atoms with E-state index in [1.54, 1.807) is 10.7 Å². The second kappa shape index (κ2) is 8.94. The number of tetrazole rings is 1. The number of aryl methyl sites for hydroxylation is 1. The van der Waals surface area contributed by atoms with Crippen molar-refractivity contribution >= 4 is 16.0 Å². The fourth-order valence-electron chi connectivity index (χ4n) is 3.53. The first-order valence-corrected chi connectivity index (χ1v) is 11.5. The molecule has 0 saturated carbocycles. The maximum atomic E-state index is 13.2. The predicted molar refractivity (Wildman–Crippen MR) is 111 cm³/mol. The highest BCUT2D eigenvalue weighted by molar-refractivity contribution is 7.89. The van der Waals surface area contributed by atoms with Crippen molar-refractivity contribution in [3.63, 3.8) is 0 Å². The van der Waals surface area contributed by atoms with Gasteiger partial charge in [-0.1, -0.05) is 37.3 Å². The molecule has 0 spiro atoms. The van der Waals surface area contributed by atoms with E-state index in [2.05, 4.69) is 15.5 Å². The second-order valence-electron chi connectivity index (χ2n) is 7.28. The highest BCUT2D eigenvalue weighted by Crippen LogP contribution is 2.25. The molecule has 0 aliphatic carbocycles. The molecular weight excluding hydrogens is 418 g/mol. The summed E-state index contributed by atoms with van der Waals surface area (Å²) in [6.45, 7) is 3.23. The number of fused-ring (bicyclic) bond motifs is 1. The first kappa shape index (κ1) is 21.1. The van der Waals surface area contributed by atoms with E-state index >= 15 is 0 Å². The lowest BCUT2D eigenvalue weighted by Crippen LogP contribution is -2.36. The molecule has 0 radical (unpaired) electrons. The van der Waals surface area contributed by atoms with E-state index in [-0.39, 0.29) is 17.1 Å². The van der Waals surface area contributed by atoms with Crippen LogP contribution in [0.3, 0.4) is 0 Å². The Morgan fingerprint density at radius 1 is 1.13 bits per heavy atom. The van der Waals surface area contributed by atoms with Crippen LogP contribution in [-0.2, 0) is 40.9 Å². The summed E-state index contributed by atoms with van der Waals surface area (Å²) in [5.74, 6) is -0.196. The van der Waals surface area contributed by atoms with Gasteiger partial charge in [0.15, 0.2) is 12.4 Å². The van der Waals surface area contributed by atoms with E-state index in [0.29, 0.717) is 31.9 Å². The first-order chi connectivity index (χ1) is 15.0. The molecule has 31 heavy (non-hydrogen) atoms. The van der Waals surface area contributed by atoms with Crippen LogP contribution in [0.25, 0.3) is 0 Å². The average molecular weight is 442 g/mol. The van der Waals surface area contributed by atoms with Crippen LogP contribution in [0, 0.1) is 0 Å². The minimum absolute atomic E-state index is 0.0668. The number of hydrogen-bond acceptors (Lipinski definition) is 7. The van der Waals surface area contributed by atoms with Crippen LogP contribution in [0.4, 0.5) is 0 Å². The molecule has 10 heteroatoms. The molecule has 2 aromatic carbocycles. The monoisotopic (exact) mass is 441 g/mol. The minimum Gasteiger partial charge on any atom is -0.454 e. The molecule has 0 bridgehead atoms. The zero-order valence-corrected chi connectivity index (χ0v) is 18.0. The maximum absolute atomic E-state index is 13.2. The third-order valence-electron chi connectivity index (χ3n) is 5.18. The van der Waals surface area contributed by atoms with Crippen molar-refractivity contribution in [2.24, 2.45) is 0 Å². The van der Waals surface area contributed by atoms with Crippen molar-refractivity contribution < 1.29 is 17.9 Å². The van der Waals surface area contributed by atoms with Crippen molar-refractivity contribution in [3.05, 3.63) is 71.0 Å². The molecule has 0 amide bonds. The van der Waals surface area contributed by atoms with Crippen LogP contribution < -0.4 is 0 Å². The van der Waals surface area contributed by atoms with Crippen LogP contribution in [0.2, 0.25) is 0 Å². The molecule has 3 aromatic rings. The zero-order valence-electron chi connectivity index (χ0n) is 17.1. The number of sulfonamides is 1. The number of carbonyl (C=O) groups is 1. The molecule has 0 fully saturated rings. The predicted octanol–water partition coefficient (Wildman–Crippen LogP) is 2.19. The molecule has 0 atom stereocenters. The minimum atomic E-state index is -3.74. The molecule has 0 N–H and O–H groups in total. The van der Waals surface area contributed by atoms with Gasteiger partial charge in [-0.05, 0) is 52.6 Å². The average Bonchev–Trinajstić information content (AvgIpc) is 3.24. The molecule has 1 aliphatic rings. The summed E-state index contributed by atoms with van der Waals surface area (Å²) in [5.41, 5.74) is 2.32. The molecule has 4 rings (SSSR count). The molecule has 1 aromatic heterocycles. The van der Waals surface area contributed by atoms with Gasteiger partial charge in [-0.15, -0.1) is 5.10 Å². The van der Waals surface area contributed by atoms with Gasteiger partial charge in [0.2, 0.25) is 10.0 Å². The Hall–Kier alpha value is -3.11. The Bertz CT molecular complexity index is 1190. The lowest BCUT2D eigenvalue weighted by Gasteiger charge is -2.28. The summed E-state index contributed by atoms with van der Waals surface area (Å²) >= 11 is 0. The maximum Gasteiger partial charge on any atom is 0.338 e. The van der Waals surface area contributed by atoms with E-state index in [9.17, 15) is 13.2 Å². The van der Waals surface area contributed by atoms with Gasteiger partial charge < -0.3 is 4.74 Å². The lowest BCUT2D eigenvalue weighted by atomic mass is 10.0. The second-order valence-corrected chi connectivity index (χ2v) is 9.22. The lowest BCUT2D eigenvalue weighted by molar-refractivity contribution is 0.0456. The largest absolute Gasteiger partial charge is 0.454 e. The summed E-state index contributed by atoms with van der Waals surface area (Å²) in [7, 11) is -3.74. The fourth-order valence-corrected chi connectivity index (χ4v) is 5.00. The summed E-state index contributed by atoms with van der Waals surface area (Å²) < 4.78 is 34.7. The molecule has 9 nitrogen and oxygen atoms in total. The highest BCUT2D eigenvalue weighted by atomic mass is 32.2. The number of benzene rings is 2. The van der Waals surface area contributed by atoms with Gasteiger partial charge in [-0.25, -0.2) is 17.9 Å². The highest BCUT2D eigenvalue weighted by Gasteiger charge is 2.28. The number of ether oxygens (including phenoxy) is 1. The van der Waals surface area contributed by atoms with E-state index < -0.39 is 16.0 Å². The third kappa shape index (κ3) is 4.49. The van der Waals surface area contributed by atoms with Crippen LogP contribution >= 0.6 is 0 Å². The van der Waals surface area contributed by atoms with Gasteiger partial charge in [-0.2, -0.15) is 4.31 Å². The molecule has 162 valence electrons. The van der Waals surface area contributed by atoms with Gasteiger partial charge in [0.1, 0.15) is 0 Å². The Morgan fingerprint density at radius 2 is 1.94 bits per heavy atom. The normalized spacial score (nSPS) is 14.2. The van der Waals surface area contributed by atoms with Crippen molar-refractivity contribution in [2.45, 2.75) is 44.4 Å². The summed E-state index contributed by atoms with van der Waals surface area (Å²) in [6.07, 6.45) is 1.50. The Morgan fingerprint density at radius 3 is 2.74 bits per heavy atom. The zero-order chi connectivity index (χ0) is 21.8. The van der Waals surface area contributed by atoms with Gasteiger partial charge in [-0.3, -0.25) is 0 Å². The van der Waals surface area contributed by atoms with Crippen LogP contribution in [0.5, 0.6) is 0 Å². The molecule has 2 heterocycles. The van der Waals surface area contributed by atoms with E-state index in [1.165, 1.54) is 22.5 Å². The summed E-state index contributed by atoms with van der Waals surface area (Å²) in [4.78, 5) is 12.6. The molecular formula is C21H23N5O4S. The van der Waals surface area contributed by atoms with Crippen LogP contribution in [-0.4, -0.2) is 45.4 Å². The number of carbonyl (C=O) groups excluding carboxylic acids is 1. The Kier molecular flexibility index (Phi) is 6.10. The van der Waals surface area contributed by atoms with Crippen LogP contribution in [0.1, 0.15) is 40.7 Å². The number of aromatic nitrogens is 4. The number of esters is 1. The van der Waals surface area contributed by atoms with Crippen LogP contribution in [0.15, 0.2) is 53.4 Å².